The van der Waals surface area contributed by atoms with E-state index in [1.165, 1.54) is 23.8 Å². The number of nitrogens with zero attached hydrogens (tertiary/aromatic N) is 1. The minimum Gasteiger partial charge on any atom is -0.323 e. The van der Waals surface area contributed by atoms with Crippen molar-refractivity contribution in [3.63, 3.8) is 0 Å². The van der Waals surface area contributed by atoms with Gasteiger partial charge < -0.3 is 10.2 Å². The quantitative estimate of drug-likeness (QED) is 0.662. The lowest BCUT2D eigenvalue weighted by molar-refractivity contribution is -0.111. The highest BCUT2D eigenvalue weighted by molar-refractivity contribution is 6.08. The molecule has 1 N–H and O–H groups in total. The van der Waals surface area contributed by atoms with Crippen LogP contribution in [0.5, 0.6) is 0 Å². The summed E-state index contributed by atoms with van der Waals surface area (Å²) in [6.07, 6.45) is 3.85. The lowest BCUT2D eigenvalue weighted by Crippen LogP contribution is -2.28. The van der Waals surface area contributed by atoms with Gasteiger partial charge in [-0.2, -0.15) is 0 Å². The predicted molar refractivity (Wildman–Crippen MR) is 112 cm³/mol. The minimum atomic E-state index is -0.321. The Morgan fingerprint density at radius 1 is 0.931 bits per heavy atom. The van der Waals surface area contributed by atoms with Crippen molar-refractivity contribution in [3.8, 4) is 0 Å². The molecule has 0 spiro atoms. The number of hydrogen-bond donors (Lipinski definition) is 1. The number of anilines is 2. The standard InChI is InChI=1S/C24H19FN2O2/c25-20-10-5-17(6-11-20)7-14-23(28)26-21-12-8-19(9-13-21)24(29)27-16-15-18-3-1-2-4-22(18)27/h1-14H,15-16H2,(H,26,28)/b14-7+. The van der Waals surface area contributed by atoms with Crippen molar-refractivity contribution in [2.24, 2.45) is 0 Å². The van der Waals surface area contributed by atoms with E-state index in [0.717, 1.165) is 17.7 Å². The summed E-state index contributed by atoms with van der Waals surface area (Å²) in [5.74, 6) is -0.676. The van der Waals surface area contributed by atoms with Gasteiger partial charge in [0.1, 0.15) is 5.82 Å². The first kappa shape index (κ1) is 18.6. The van der Waals surface area contributed by atoms with Gasteiger partial charge in [0.25, 0.3) is 5.91 Å². The molecule has 29 heavy (non-hydrogen) atoms. The van der Waals surface area contributed by atoms with Gasteiger partial charge in [0.05, 0.1) is 0 Å². The van der Waals surface area contributed by atoms with Gasteiger partial charge in [-0.25, -0.2) is 4.39 Å². The number of amides is 2. The monoisotopic (exact) mass is 386 g/mol. The molecule has 0 aromatic heterocycles. The first-order valence-corrected chi connectivity index (χ1v) is 9.34. The molecular formula is C24H19FN2O2. The first-order chi connectivity index (χ1) is 14.1. The van der Waals surface area contributed by atoms with E-state index < -0.39 is 0 Å². The lowest BCUT2D eigenvalue weighted by atomic mass is 10.1. The van der Waals surface area contributed by atoms with Crippen LogP contribution in [0.2, 0.25) is 0 Å². The second-order valence-corrected chi connectivity index (χ2v) is 6.79. The number of carbonyl (C=O) groups excluding carboxylic acids is 2. The third-order valence-corrected chi connectivity index (χ3v) is 4.83. The molecule has 0 atom stereocenters. The molecule has 144 valence electrons. The summed E-state index contributed by atoms with van der Waals surface area (Å²) in [4.78, 5) is 26.7. The third kappa shape index (κ3) is 4.24. The van der Waals surface area contributed by atoms with Crippen LogP contribution in [-0.4, -0.2) is 18.4 Å². The average molecular weight is 386 g/mol. The number of benzene rings is 3. The summed E-state index contributed by atoms with van der Waals surface area (Å²) in [5, 5.41) is 2.75. The van der Waals surface area contributed by atoms with Crippen molar-refractivity contribution >= 4 is 29.3 Å². The molecule has 0 fully saturated rings. The fourth-order valence-corrected chi connectivity index (χ4v) is 3.33. The smallest absolute Gasteiger partial charge is 0.258 e. The topological polar surface area (TPSA) is 49.4 Å². The number of hydrogen-bond acceptors (Lipinski definition) is 2. The number of halogens is 1. The molecule has 0 radical (unpaired) electrons. The van der Waals surface area contributed by atoms with Crippen LogP contribution in [0.4, 0.5) is 15.8 Å². The van der Waals surface area contributed by atoms with E-state index in [9.17, 15) is 14.0 Å². The first-order valence-electron chi connectivity index (χ1n) is 9.34. The SMILES string of the molecule is O=C(/C=C/c1ccc(F)cc1)Nc1ccc(C(=O)N2CCc3ccccc32)cc1. The molecule has 2 amide bonds. The number of nitrogens with one attached hydrogen (secondary N) is 1. The molecule has 0 saturated carbocycles. The summed E-state index contributed by atoms with van der Waals surface area (Å²) in [5.41, 5.74) is 4.03. The van der Waals surface area contributed by atoms with E-state index in [1.54, 1.807) is 47.4 Å². The maximum absolute atomic E-state index is 12.9. The Morgan fingerprint density at radius 2 is 1.66 bits per heavy atom. The van der Waals surface area contributed by atoms with Crippen molar-refractivity contribution in [2.75, 3.05) is 16.8 Å². The van der Waals surface area contributed by atoms with E-state index in [4.69, 9.17) is 0 Å². The Hall–Kier alpha value is -3.73. The van der Waals surface area contributed by atoms with Gasteiger partial charge in [-0.15, -0.1) is 0 Å². The zero-order valence-electron chi connectivity index (χ0n) is 15.6. The van der Waals surface area contributed by atoms with Crippen molar-refractivity contribution < 1.29 is 14.0 Å². The highest BCUT2D eigenvalue weighted by Gasteiger charge is 2.24. The molecule has 1 heterocycles. The summed E-state index contributed by atoms with van der Waals surface area (Å²) in [6.45, 7) is 0.671. The Morgan fingerprint density at radius 3 is 2.41 bits per heavy atom. The molecule has 1 aliphatic rings. The van der Waals surface area contributed by atoms with Crippen LogP contribution < -0.4 is 10.2 Å². The maximum Gasteiger partial charge on any atom is 0.258 e. The van der Waals surface area contributed by atoms with Gasteiger partial charge in [0.2, 0.25) is 5.91 Å². The highest BCUT2D eigenvalue weighted by atomic mass is 19.1. The van der Waals surface area contributed by atoms with Crippen LogP contribution in [0, 0.1) is 5.82 Å². The molecule has 0 aliphatic carbocycles. The molecule has 0 bridgehead atoms. The average Bonchev–Trinajstić information content (AvgIpc) is 3.17. The number of carbonyl (C=O) groups is 2. The van der Waals surface area contributed by atoms with E-state index in [2.05, 4.69) is 5.32 Å². The van der Waals surface area contributed by atoms with Gasteiger partial charge >= 0.3 is 0 Å². The van der Waals surface area contributed by atoms with E-state index in [0.29, 0.717) is 17.8 Å². The van der Waals surface area contributed by atoms with E-state index in [1.807, 2.05) is 24.3 Å². The highest BCUT2D eigenvalue weighted by Crippen LogP contribution is 2.29. The van der Waals surface area contributed by atoms with Gasteiger partial charge in [0.15, 0.2) is 0 Å². The van der Waals surface area contributed by atoms with Crippen LogP contribution in [0.3, 0.4) is 0 Å². The summed E-state index contributed by atoms with van der Waals surface area (Å²) in [7, 11) is 0. The minimum absolute atomic E-state index is 0.0518. The number of fused-ring (bicyclic) bond motifs is 1. The maximum atomic E-state index is 12.9. The van der Waals surface area contributed by atoms with Gasteiger partial charge in [-0.3, -0.25) is 9.59 Å². The van der Waals surface area contributed by atoms with Gasteiger partial charge in [-0.1, -0.05) is 30.3 Å². The Kier molecular flexibility index (Phi) is 5.20. The Bertz CT molecular complexity index is 1070. The van der Waals surface area contributed by atoms with Crippen LogP contribution in [-0.2, 0) is 11.2 Å². The van der Waals surface area contributed by atoms with Gasteiger partial charge in [-0.05, 0) is 66.1 Å². The fraction of sp³-hybridized carbons (Fsp3) is 0.0833. The zero-order valence-corrected chi connectivity index (χ0v) is 15.6. The molecule has 3 aromatic carbocycles. The van der Waals surface area contributed by atoms with Gasteiger partial charge in [0, 0.05) is 29.6 Å². The third-order valence-electron chi connectivity index (χ3n) is 4.83. The zero-order chi connectivity index (χ0) is 20.2. The van der Waals surface area contributed by atoms with Crippen molar-refractivity contribution in [1.82, 2.24) is 0 Å². The lowest BCUT2D eigenvalue weighted by Gasteiger charge is -2.17. The van der Waals surface area contributed by atoms with Crippen molar-refractivity contribution in [3.05, 3.63) is 101 Å². The summed E-state index contributed by atoms with van der Waals surface area (Å²) >= 11 is 0. The van der Waals surface area contributed by atoms with Crippen LogP contribution >= 0.6 is 0 Å². The van der Waals surface area contributed by atoms with Crippen molar-refractivity contribution in [1.29, 1.82) is 0 Å². The molecule has 5 heteroatoms. The normalized spacial score (nSPS) is 12.8. The second-order valence-electron chi connectivity index (χ2n) is 6.79. The number of para-hydroxylation sites is 1. The molecule has 4 nitrogen and oxygen atoms in total. The molecule has 0 unspecified atom stereocenters. The fourth-order valence-electron chi connectivity index (χ4n) is 3.33. The molecule has 4 rings (SSSR count). The largest absolute Gasteiger partial charge is 0.323 e. The van der Waals surface area contributed by atoms with Crippen LogP contribution in [0.15, 0.2) is 78.9 Å². The second kappa shape index (κ2) is 8.10. The Balaban J connectivity index is 1.40. The molecule has 1 aliphatic heterocycles. The summed E-state index contributed by atoms with van der Waals surface area (Å²) in [6, 6.07) is 20.6. The Labute approximate surface area is 168 Å². The summed E-state index contributed by atoms with van der Waals surface area (Å²) < 4.78 is 12.9. The van der Waals surface area contributed by atoms with E-state index >= 15 is 0 Å². The van der Waals surface area contributed by atoms with Crippen LogP contribution in [0.1, 0.15) is 21.5 Å². The molecular weight excluding hydrogens is 367 g/mol. The van der Waals surface area contributed by atoms with Crippen molar-refractivity contribution in [2.45, 2.75) is 6.42 Å². The predicted octanol–water partition coefficient (Wildman–Crippen LogP) is 4.68. The molecule has 0 saturated heterocycles. The van der Waals surface area contributed by atoms with E-state index in [-0.39, 0.29) is 17.6 Å². The number of rotatable bonds is 4. The van der Waals surface area contributed by atoms with Crippen LogP contribution in [0.25, 0.3) is 6.08 Å². The molecule has 3 aromatic rings.